The van der Waals surface area contributed by atoms with E-state index in [1.807, 2.05) is 57.5 Å². The summed E-state index contributed by atoms with van der Waals surface area (Å²) < 4.78 is 21.5. The van der Waals surface area contributed by atoms with Gasteiger partial charge in [0.1, 0.15) is 17.0 Å². The fourth-order valence-electron chi connectivity index (χ4n) is 12.1. The summed E-state index contributed by atoms with van der Waals surface area (Å²) in [6.45, 7) is 21.6. The van der Waals surface area contributed by atoms with Crippen LogP contribution in [0.1, 0.15) is 96.5 Å². The Hall–Kier alpha value is -5.95. The number of fused-ring (bicyclic) bond motifs is 1. The summed E-state index contributed by atoms with van der Waals surface area (Å²) in [6.07, 6.45) is 9.61. The molecule has 3 saturated heterocycles. The first-order valence-electron chi connectivity index (χ1n) is 28.3. The van der Waals surface area contributed by atoms with Crippen LogP contribution >= 0.6 is 30.9 Å². The van der Waals surface area contributed by atoms with E-state index < -0.39 is 48.8 Å². The Morgan fingerprint density at radius 3 is 2.30 bits per heavy atom. The molecular formula is C60H78IN13O6S. The van der Waals surface area contributed by atoms with Crippen LogP contribution in [0, 0.1) is 17.8 Å². The Morgan fingerprint density at radius 2 is 1.64 bits per heavy atom. The molecule has 10 rings (SSSR count). The Balaban J connectivity index is 0.669. The number of piperazine rings is 1. The van der Waals surface area contributed by atoms with Crippen LogP contribution in [0.2, 0.25) is 0 Å². The van der Waals surface area contributed by atoms with Gasteiger partial charge in [0, 0.05) is 66.9 Å². The normalized spacial score (nSPS) is 20.2. The number of carbonyl (C=O) groups excluding carboxylic acids is 2. The number of aliphatic hydroxyl groups excluding tert-OH is 1. The van der Waals surface area contributed by atoms with E-state index in [-0.39, 0.29) is 37.0 Å². The number of likely N-dealkylation sites (tertiary alicyclic amines) is 2. The maximum atomic E-state index is 14.3. The molecule has 1 saturated carbocycles. The van der Waals surface area contributed by atoms with Gasteiger partial charge in [0.15, 0.2) is 31.1 Å². The monoisotopic (exact) mass is 1240 g/mol. The van der Waals surface area contributed by atoms with Gasteiger partial charge >= 0.3 is 0 Å². The van der Waals surface area contributed by atoms with E-state index in [9.17, 15) is 27.7 Å². The molecule has 4 aliphatic rings. The van der Waals surface area contributed by atoms with Crippen molar-refractivity contribution in [2.24, 2.45) is 10.8 Å². The number of hydrogen-bond acceptors (Lipinski definition) is 15. The first kappa shape index (κ1) is 58.3. The number of piperidine rings is 1. The molecule has 4 fully saturated rings. The first-order chi connectivity index (χ1) is 38.7. The molecule has 2 amide bonds. The molecule has 19 nitrogen and oxygen atoms in total. The van der Waals surface area contributed by atoms with Crippen LogP contribution in [-0.4, -0.2) is 147 Å². The van der Waals surface area contributed by atoms with Crippen LogP contribution < -0.4 is 24.6 Å². The van der Waals surface area contributed by atoms with Crippen molar-refractivity contribution in [2.45, 2.75) is 129 Å². The number of nitrogens with one attached hydrogen (secondary N) is 3. The molecule has 1 aliphatic carbocycles. The van der Waals surface area contributed by atoms with Crippen molar-refractivity contribution in [3.8, 4) is 16.3 Å². The summed E-state index contributed by atoms with van der Waals surface area (Å²) in [7, 11) is 0. The molecule has 4 aromatic heterocycles. The number of halogens is 1. The van der Waals surface area contributed by atoms with Gasteiger partial charge in [0.25, 0.3) is 5.56 Å². The maximum absolute atomic E-state index is 14.3. The second-order valence-electron chi connectivity index (χ2n) is 24.1. The Bertz CT molecular complexity index is 3350. The third-order valence-corrected chi connectivity index (χ3v) is 20.4. The lowest BCUT2D eigenvalue weighted by molar-refractivity contribution is -0.140. The number of rotatable bonds is 17. The third-order valence-electron chi connectivity index (χ3n) is 16.8. The smallest absolute Gasteiger partial charge is 0.278 e. The van der Waals surface area contributed by atoms with Gasteiger partial charge in [-0.2, -0.15) is 4.98 Å². The number of aromatic nitrogens is 6. The molecule has 1 unspecified atom stereocenters. The predicted molar refractivity (Wildman–Crippen MR) is 328 cm³/mol. The van der Waals surface area contributed by atoms with Crippen molar-refractivity contribution in [1.29, 1.82) is 0 Å². The number of allylic oxidation sites excluding steroid dienone is 1. The molecule has 1 spiro atoms. The average molecular weight is 1240 g/mol. The molecule has 81 heavy (non-hydrogen) atoms. The summed E-state index contributed by atoms with van der Waals surface area (Å²) >= 11 is -1.45. The van der Waals surface area contributed by atoms with Crippen LogP contribution in [0.5, 0.6) is 0 Å². The molecule has 432 valence electrons. The molecule has 21 heteroatoms. The summed E-state index contributed by atoms with van der Waals surface area (Å²) in [5.74, 6) is 0.346. The number of hydrogen-bond donors (Lipinski definition) is 5. The average Bonchev–Trinajstić information content (AvgIpc) is 4.10. The lowest BCUT2D eigenvalue weighted by Crippen LogP contribution is -2.57. The summed E-state index contributed by atoms with van der Waals surface area (Å²) in [5.41, 5.74) is 6.02. The van der Waals surface area contributed by atoms with Crippen molar-refractivity contribution in [3.63, 3.8) is 0 Å². The van der Waals surface area contributed by atoms with Crippen LogP contribution in [0.25, 0.3) is 27.3 Å². The van der Waals surface area contributed by atoms with Gasteiger partial charge in [0.2, 0.25) is 17.8 Å². The minimum Gasteiger partial charge on any atom is -0.391 e. The zero-order valence-electron chi connectivity index (χ0n) is 47.5. The number of aryl methyl sites for hydroxylation is 1. The van der Waals surface area contributed by atoms with Gasteiger partial charge in [-0.05, 0) is 137 Å². The molecule has 3 atom stereocenters. The predicted octanol–water partition coefficient (Wildman–Crippen LogP) is 7.56. The number of thiazole rings is 1. The molecule has 0 bridgehead atoms. The molecule has 3 aliphatic heterocycles. The number of benzene rings is 2. The zero-order valence-corrected chi connectivity index (χ0v) is 50.5. The first-order valence-corrected chi connectivity index (χ1v) is 32.4. The molecule has 7 heterocycles. The lowest BCUT2D eigenvalue weighted by Gasteiger charge is -2.49. The number of nitrogens with zero attached hydrogens (tertiary/aromatic N) is 10. The van der Waals surface area contributed by atoms with Crippen LogP contribution in [-0.2, 0) is 31.3 Å². The number of pyridine rings is 1. The highest BCUT2D eigenvalue weighted by molar-refractivity contribution is 14.2. The fourth-order valence-corrected chi connectivity index (χ4v) is 15.4. The minimum absolute atomic E-state index is 0.130. The van der Waals surface area contributed by atoms with E-state index in [2.05, 4.69) is 74.7 Å². The van der Waals surface area contributed by atoms with Crippen molar-refractivity contribution in [2.75, 3.05) is 62.6 Å². The van der Waals surface area contributed by atoms with Gasteiger partial charge in [-0.15, -0.1) is 17.9 Å². The van der Waals surface area contributed by atoms with Gasteiger partial charge < -0.3 is 30.6 Å². The van der Waals surface area contributed by atoms with E-state index in [0.29, 0.717) is 52.9 Å². The number of anilines is 3. The quantitative estimate of drug-likeness (QED) is 0.0338. The number of β-amino-alcohol motifs (C(OH)–C–C–N with tert-alkyl or cyclic N) is 1. The van der Waals surface area contributed by atoms with E-state index in [1.54, 1.807) is 63.1 Å². The topological polar surface area (TPSA) is 219 Å². The Labute approximate surface area is 485 Å². The highest BCUT2D eigenvalue weighted by Gasteiger charge is 2.43. The summed E-state index contributed by atoms with van der Waals surface area (Å²) in [6, 6.07) is 21.0. The van der Waals surface area contributed by atoms with Gasteiger partial charge in [-0.1, -0.05) is 57.2 Å². The second-order valence-corrected chi connectivity index (χ2v) is 28.0. The number of aliphatic hydroxyl groups is 2. The van der Waals surface area contributed by atoms with Crippen LogP contribution in [0.4, 0.5) is 17.3 Å². The van der Waals surface area contributed by atoms with E-state index in [0.717, 1.165) is 85.2 Å². The molecule has 2 aromatic carbocycles. The Kier molecular flexibility index (Phi) is 17.6. The molecule has 5 N–H and O–H groups in total. The SMILES string of the molecule is C=CCn1c(=O)c2cnc(Nc3ccc(N4CCN(C5CCC6(CC5)CCN(CC(=O)N[C@H](C(=O)N5C[C@H](O)CC5/C=I(=O)/NCc5ccc(-c7scnc7C)cc5)C(C)(C)C)CC6)CC4)cc3)nc2n1-c1cccc(C(C)(C)O)n1. The van der Waals surface area contributed by atoms with Crippen molar-refractivity contribution >= 4 is 75.1 Å². The number of amides is 2. The third kappa shape index (κ3) is 13.5. The van der Waals surface area contributed by atoms with Crippen molar-refractivity contribution < 1.29 is 22.9 Å². The van der Waals surface area contributed by atoms with Gasteiger partial charge in [-0.3, -0.25) is 27.3 Å². The second kappa shape index (κ2) is 24.5. The van der Waals surface area contributed by atoms with E-state index >= 15 is 0 Å². The zero-order chi connectivity index (χ0) is 57.2. The van der Waals surface area contributed by atoms with Gasteiger partial charge in [0.05, 0.1) is 47.0 Å². The van der Waals surface area contributed by atoms with Gasteiger partial charge in [-0.25, -0.2) is 27.8 Å². The number of carbonyl (C=O) groups is 2. The van der Waals surface area contributed by atoms with E-state index in [4.69, 9.17) is 4.98 Å². The largest absolute Gasteiger partial charge is 0.391 e. The van der Waals surface area contributed by atoms with E-state index in [1.165, 1.54) is 36.6 Å². The summed E-state index contributed by atoms with van der Waals surface area (Å²) in [5, 5.41) is 28.2. The fraction of sp³-hybridized carbons (Fsp3) is 0.500. The Morgan fingerprint density at radius 1 is 0.926 bits per heavy atom. The lowest BCUT2D eigenvalue weighted by atomic mass is 9.66. The highest BCUT2D eigenvalue weighted by Crippen LogP contribution is 2.46. The molecule has 6 aromatic rings. The summed E-state index contributed by atoms with van der Waals surface area (Å²) in [4.78, 5) is 70.0. The standard InChI is InChI=1S/C60H78IN13O6S/c1-8-26-73-55(77)48-36-62-57(68-54(48)74(73)50-11-9-10-49(66-50)59(6,7)79)65-43-16-18-44(19-17-43)70-29-31-71(32-30-70)45-20-22-60(23-21-45)24-27-69(28-25-60)38-51(76)67-53(58(3,4)5)56(78)72-37-47(75)33-46(72)34-61(80)64-35-41-12-14-42(15-13-41)52-40(2)63-39-81-52/h8-19,34,36,39,45-47,53,75,79H,1,20-33,35,37-38H2,2-7H3,(H,64,80)(H,67,76)(H,62,65,68)/t46?,47-,53-/m1/s1. The van der Waals surface area contributed by atoms with Crippen LogP contribution in [0.15, 0.2) is 95.9 Å². The molecule has 0 radical (unpaired) electrons. The molecular weight excluding hydrogens is 1160 g/mol. The minimum atomic E-state index is -3.05. The maximum Gasteiger partial charge on any atom is 0.278 e. The van der Waals surface area contributed by atoms with Crippen molar-refractivity contribution in [3.05, 3.63) is 118 Å². The van der Waals surface area contributed by atoms with Crippen molar-refractivity contribution in [1.82, 2.24) is 52.8 Å². The highest BCUT2D eigenvalue weighted by atomic mass is 127. The van der Waals surface area contributed by atoms with Crippen LogP contribution in [0.3, 0.4) is 0 Å².